The molecule has 0 aliphatic rings. The molecule has 104 valence electrons. The molecule has 0 aliphatic heterocycles. The van der Waals surface area contributed by atoms with E-state index in [2.05, 4.69) is 0 Å². The average molecular weight is 302 g/mol. The number of alkyl halides is 3. The highest BCUT2D eigenvalue weighted by Gasteiger charge is 2.31. The van der Waals surface area contributed by atoms with Crippen LogP contribution in [-0.4, -0.2) is 4.92 Å². The minimum absolute atomic E-state index is 0.0884. The van der Waals surface area contributed by atoms with Gasteiger partial charge in [0.15, 0.2) is 0 Å². The maximum absolute atomic E-state index is 12.7. The van der Waals surface area contributed by atoms with Gasteiger partial charge in [0.25, 0.3) is 5.69 Å². The topological polar surface area (TPSA) is 43.1 Å². The van der Waals surface area contributed by atoms with Crippen molar-refractivity contribution in [3.63, 3.8) is 0 Å². The van der Waals surface area contributed by atoms with E-state index in [4.69, 9.17) is 11.6 Å². The summed E-state index contributed by atoms with van der Waals surface area (Å²) in [4.78, 5) is 10.3. The first-order valence-corrected chi connectivity index (χ1v) is 5.78. The summed E-state index contributed by atoms with van der Waals surface area (Å²) in [5.41, 5.74) is -0.996. The molecule has 0 N–H and O–H groups in total. The third kappa shape index (κ3) is 2.91. The lowest BCUT2D eigenvalue weighted by atomic mass is 10.0. The predicted octanol–water partition coefficient (Wildman–Crippen LogP) is 4.93. The molecular weight excluding hydrogens is 295 g/mol. The number of rotatable bonds is 2. The van der Waals surface area contributed by atoms with Crippen LogP contribution in [0.1, 0.15) is 5.56 Å². The molecular formula is C13H7ClF3NO2. The largest absolute Gasteiger partial charge is 0.416 e. The Hall–Kier alpha value is -2.08. The van der Waals surface area contributed by atoms with Crippen LogP contribution in [0.25, 0.3) is 11.1 Å². The van der Waals surface area contributed by atoms with Gasteiger partial charge in [-0.25, -0.2) is 0 Å². The minimum Gasteiger partial charge on any atom is -0.258 e. The Morgan fingerprint density at radius 2 is 1.80 bits per heavy atom. The fraction of sp³-hybridized carbons (Fsp3) is 0.0769. The van der Waals surface area contributed by atoms with Gasteiger partial charge < -0.3 is 0 Å². The van der Waals surface area contributed by atoms with Crippen LogP contribution in [0.4, 0.5) is 18.9 Å². The second-order valence-electron chi connectivity index (χ2n) is 4.00. The fourth-order valence-corrected chi connectivity index (χ4v) is 1.93. The van der Waals surface area contributed by atoms with E-state index in [1.54, 1.807) is 0 Å². The Balaban J connectivity index is 2.60. The van der Waals surface area contributed by atoms with Crippen LogP contribution in [0.3, 0.4) is 0 Å². The van der Waals surface area contributed by atoms with Crippen LogP contribution in [0.15, 0.2) is 42.5 Å². The van der Waals surface area contributed by atoms with Crippen molar-refractivity contribution in [2.24, 2.45) is 0 Å². The van der Waals surface area contributed by atoms with Crippen molar-refractivity contribution < 1.29 is 18.1 Å². The molecule has 0 saturated heterocycles. The molecule has 0 unspecified atom stereocenters. The van der Waals surface area contributed by atoms with E-state index in [-0.39, 0.29) is 21.8 Å². The summed E-state index contributed by atoms with van der Waals surface area (Å²) in [6.45, 7) is 0. The first-order valence-electron chi connectivity index (χ1n) is 5.40. The van der Waals surface area contributed by atoms with Crippen LogP contribution in [0.2, 0.25) is 5.02 Å². The van der Waals surface area contributed by atoms with Crippen molar-refractivity contribution in [3.8, 4) is 11.1 Å². The van der Waals surface area contributed by atoms with Gasteiger partial charge in [0.05, 0.1) is 16.1 Å². The van der Waals surface area contributed by atoms with E-state index in [0.29, 0.717) is 0 Å². The molecule has 0 radical (unpaired) electrons. The van der Waals surface area contributed by atoms with Crippen LogP contribution < -0.4 is 0 Å². The van der Waals surface area contributed by atoms with E-state index in [1.807, 2.05) is 0 Å². The SMILES string of the molecule is O=[N+]([O-])c1cc(Cl)ccc1-c1cccc(C(F)(F)F)c1. The van der Waals surface area contributed by atoms with Gasteiger partial charge in [-0.2, -0.15) is 13.2 Å². The molecule has 0 heterocycles. The number of nitro benzene ring substituents is 1. The lowest BCUT2D eigenvalue weighted by molar-refractivity contribution is -0.384. The van der Waals surface area contributed by atoms with Gasteiger partial charge >= 0.3 is 6.18 Å². The lowest BCUT2D eigenvalue weighted by Gasteiger charge is -2.09. The fourth-order valence-electron chi connectivity index (χ4n) is 1.76. The molecule has 2 aromatic carbocycles. The van der Waals surface area contributed by atoms with Crippen molar-refractivity contribution in [2.75, 3.05) is 0 Å². The monoisotopic (exact) mass is 301 g/mol. The predicted molar refractivity (Wildman–Crippen MR) is 68.5 cm³/mol. The van der Waals surface area contributed by atoms with Gasteiger partial charge in [-0.3, -0.25) is 10.1 Å². The Morgan fingerprint density at radius 1 is 1.10 bits per heavy atom. The third-order valence-corrected chi connectivity index (χ3v) is 2.89. The standard InChI is InChI=1S/C13H7ClF3NO2/c14-10-4-5-11(12(7-10)18(19)20)8-2-1-3-9(6-8)13(15,16)17/h1-7H. The second kappa shape index (κ2) is 5.13. The molecule has 2 rings (SSSR count). The highest BCUT2D eigenvalue weighted by Crippen LogP contribution is 2.36. The van der Waals surface area contributed by atoms with Gasteiger partial charge in [-0.15, -0.1) is 0 Å². The van der Waals surface area contributed by atoms with E-state index >= 15 is 0 Å². The van der Waals surface area contributed by atoms with Crippen LogP contribution in [0.5, 0.6) is 0 Å². The van der Waals surface area contributed by atoms with Gasteiger partial charge in [0.1, 0.15) is 0 Å². The number of hydrogen-bond donors (Lipinski definition) is 0. The molecule has 0 fully saturated rings. The van der Waals surface area contributed by atoms with Crippen molar-refractivity contribution in [3.05, 3.63) is 63.2 Å². The van der Waals surface area contributed by atoms with Crippen molar-refractivity contribution in [1.82, 2.24) is 0 Å². The zero-order valence-electron chi connectivity index (χ0n) is 9.82. The van der Waals surface area contributed by atoms with E-state index in [0.717, 1.165) is 18.2 Å². The van der Waals surface area contributed by atoms with Crippen LogP contribution in [-0.2, 0) is 6.18 Å². The van der Waals surface area contributed by atoms with Crippen molar-refractivity contribution in [2.45, 2.75) is 6.18 Å². The summed E-state index contributed by atoms with van der Waals surface area (Å²) in [5.74, 6) is 0. The van der Waals surface area contributed by atoms with Crippen molar-refractivity contribution >= 4 is 17.3 Å². The summed E-state index contributed by atoms with van der Waals surface area (Å²) < 4.78 is 38.0. The van der Waals surface area contributed by atoms with E-state index in [9.17, 15) is 23.3 Å². The maximum Gasteiger partial charge on any atom is 0.416 e. The number of hydrogen-bond acceptors (Lipinski definition) is 2. The molecule has 3 nitrogen and oxygen atoms in total. The molecule has 0 atom stereocenters. The van der Waals surface area contributed by atoms with Crippen LogP contribution >= 0.6 is 11.6 Å². The normalized spacial score (nSPS) is 11.4. The maximum atomic E-state index is 12.7. The Bertz CT molecular complexity index is 671. The second-order valence-corrected chi connectivity index (χ2v) is 4.43. The summed E-state index contributed by atoms with van der Waals surface area (Å²) in [6.07, 6.45) is -4.50. The van der Waals surface area contributed by atoms with Gasteiger partial charge in [-0.05, 0) is 29.8 Å². The molecule has 0 spiro atoms. The van der Waals surface area contributed by atoms with E-state index in [1.165, 1.54) is 24.3 Å². The molecule has 0 bridgehead atoms. The Kier molecular flexibility index (Phi) is 3.67. The first-order chi connectivity index (χ1) is 9.29. The number of benzene rings is 2. The van der Waals surface area contributed by atoms with Crippen molar-refractivity contribution in [1.29, 1.82) is 0 Å². The summed E-state index contributed by atoms with van der Waals surface area (Å²) in [5, 5.41) is 11.1. The summed E-state index contributed by atoms with van der Waals surface area (Å²) >= 11 is 5.67. The van der Waals surface area contributed by atoms with Crippen LogP contribution in [0, 0.1) is 10.1 Å². The molecule has 0 aromatic heterocycles. The van der Waals surface area contributed by atoms with E-state index < -0.39 is 16.7 Å². The average Bonchev–Trinajstić information content (AvgIpc) is 2.37. The highest BCUT2D eigenvalue weighted by atomic mass is 35.5. The lowest BCUT2D eigenvalue weighted by Crippen LogP contribution is -2.04. The molecule has 0 aliphatic carbocycles. The number of nitrogens with zero attached hydrogens (tertiary/aromatic N) is 1. The quantitative estimate of drug-likeness (QED) is 0.583. The zero-order chi connectivity index (χ0) is 14.9. The molecule has 20 heavy (non-hydrogen) atoms. The first kappa shape index (κ1) is 14.3. The molecule has 0 saturated carbocycles. The zero-order valence-corrected chi connectivity index (χ0v) is 10.6. The molecule has 7 heteroatoms. The number of halogens is 4. The minimum atomic E-state index is -4.50. The Labute approximate surface area is 116 Å². The highest BCUT2D eigenvalue weighted by molar-refractivity contribution is 6.30. The van der Waals surface area contributed by atoms with Gasteiger partial charge in [-0.1, -0.05) is 23.7 Å². The smallest absolute Gasteiger partial charge is 0.258 e. The summed E-state index contributed by atoms with van der Waals surface area (Å²) in [6, 6.07) is 8.20. The number of nitro groups is 1. The van der Waals surface area contributed by atoms with Gasteiger partial charge in [0.2, 0.25) is 0 Å². The molecule has 0 amide bonds. The Morgan fingerprint density at radius 3 is 2.40 bits per heavy atom. The summed E-state index contributed by atoms with van der Waals surface area (Å²) in [7, 11) is 0. The third-order valence-electron chi connectivity index (χ3n) is 2.66. The van der Waals surface area contributed by atoms with Gasteiger partial charge in [0, 0.05) is 11.1 Å². The molecule has 2 aromatic rings.